The highest BCUT2D eigenvalue weighted by atomic mass is 16.2. The van der Waals surface area contributed by atoms with Crippen LogP contribution in [0.2, 0.25) is 0 Å². The van der Waals surface area contributed by atoms with Crippen molar-refractivity contribution in [1.29, 1.82) is 0 Å². The van der Waals surface area contributed by atoms with Gasteiger partial charge >= 0.3 is 0 Å². The smallest absolute Gasteiger partial charge is 0.246 e. The fourth-order valence-corrected chi connectivity index (χ4v) is 8.84. The van der Waals surface area contributed by atoms with Crippen LogP contribution in [0, 0.1) is 5.92 Å². The fraction of sp³-hybridized carbons (Fsp3) is 0.413. The van der Waals surface area contributed by atoms with Crippen molar-refractivity contribution in [2.24, 2.45) is 10.9 Å². The van der Waals surface area contributed by atoms with Crippen molar-refractivity contribution in [3.8, 4) is 33.6 Å². The van der Waals surface area contributed by atoms with Gasteiger partial charge in [0.25, 0.3) is 0 Å². The molecule has 2 saturated heterocycles. The highest BCUT2D eigenvalue weighted by molar-refractivity contribution is 5.90. The third-order valence-corrected chi connectivity index (χ3v) is 12.0. The van der Waals surface area contributed by atoms with Crippen molar-refractivity contribution in [2.75, 3.05) is 39.3 Å². The second-order valence-electron chi connectivity index (χ2n) is 16.0. The summed E-state index contributed by atoms with van der Waals surface area (Å²) in [7, 11) is 0. The maximum absolute atomic E-state index is 14.2. The van der Waals surface area contributed by atoms with Crippen LogP contribution in [0.3, 0.4) is 0 Å². The summed E-state index contributed by atoms with van der Waals surface area (Å²) in [4.78, 5) is 55.5. The van der Waals surface area contributed by atoms with Gasteiger partial charge in [0.05, 0.1) is 42.4 Å². The lowest BCUT2D eigenvalue weighted by atomic mass is 10.0. The minimum Gasteiger partial charge on any atom is -0.355 e. The number of rotatable bonds is 13. The number of benzene rings is 3. The van der Waals surface area contributed by atoms with E-state index in [4.69, 9.17) is 9.97 Å². The summed E-state index contributed by atoms with van der Waals surface area (Å²) in [5.74, 6) is 2.71. The second-order valence-corrected chi connectivity index (χ2v) is 16.0. The van der Waals surface area contributed by atoms with Gasteiger partial charge < -0.3 is 30.4 Å². The molecule has 3 aliphatic heterocycles. The van der Waals surface area contributed by atoms with Crippen molar-refractivity contribution < 1.29 is 9.59 Å². The Balaban J connectivity index is 0.922. The van der Waals surface area contributed by atoms with Crippen LogP contribution < -0.4 is 10.6 Å². The lowest BCUT2D eigenvalue weighted by Gasteiger charge is -2.34. The SMILES string of the molecule is CCN(CC)[C@@H](C(=O)N1CCC[C@H]1c1ncc(-c2ccc(-c3ccc(-c4cnc([C@@H]5CCCN5C(=O)[C@@H](NC5=NCCN5)C(C)C)[nH]4)cc3)cc2)[nH]1)c1ccccc1. The molecule has 8 rings (SSSR count). The first kappa shape index (κ1) is 39.1. The molecule has 0 radical (unpaired) electrons. The fourth-order valence-electron chi connectivity index (χ4n) is 8.84. The quantitative estimate of drug-likeness (QED) is 0.0999. The zero-order chi connectivity index (χ0) is 40.2. The molecule has 0 saturated carbocycles. The number of aromatic amines is 2. The van der Waals surface area contributed by atoms with Gasteiger partial charge in [0.15, 0.2) is 5.96 Å². The maximum atomic E-state index is 14.2. The average molecular weight is 781 g/mol. The van der Waals surface area contributed by atoms with Gasteiger partial charge in [-0.2, -0.15) is 0 Å². The summed E-state index contributed by atoms with van der Waals surface area (Å²) in [6.45, 7) is 12.9. The van der Waals surface area contributed by atoms with E-state index in [1.165, 1.54) is 0 Å². The number of carbonyl (C=O) groups excluding carboxylic acids is 2. The van der Waals surface area contributed by atoms with E-state index in [9.17, 15) is 9.59 Å². The molecule has 2 amide bonds. The van der Waals surface area contributed by atoms with E-state index in [0.717, 1.165) is 109 Å². The first-order valence-electron chi connectivity index (χ1n) is 21.1. The van der Waals surface area contributed by atoms with E-state index < -0.39 is 0 Å². The summed E-state index contributed by atoms with van der Waals surface area (Å²) < 4.78 is 0. The molecule has 2 aromatic heterocycles. The predicted octanol–water partition coefficient (Wildman–Crippen LogP) is 7.12. The minimum atomic E-state index is -0.353. The molecule has 2 fully saturated rings. The Morgan fingerprint density at radius 1 is 0.741 bits per heavy atom. The van der Waals surface area contributed by atoms with Crippen molar-refractivity contribution in [3.05, 3.63) is 108 Å². The van der Waals surface area contributed by atoms with E-state index >= 15 is 0 Å². The zero-order valence-corrected chi connectivity index (χ0v) is 34.1. The molecule has 4 N–H and O–H groups in total. The summed E-state index contributed by atoms with van der Waals surface area (Å²) in [5.41, 5.74) is 7.22. The third kappa shape index (κ3) is 8.02. The molecule has 5 aromatic rings. The van der Waals surface area contributed by atoms with Gasteiger partial charge in [-0.25, -0.2) is 9.97 Å². The van der Waals surface area contributed by atoms with Gasteiger partial charge in [0.1, 0.15) is 23.7 Å². The highest BCUT2D eigenvalue weighted by Gasteiger charge is 2.39. The van der Waals surface area contributed by atoms with Crippen molar-refractivity contribution in [2.45, 2.75) is 77.5 Å². The van der Waals surface area contributed by atoms with Crippen LogP contribution in [0.5, 0.6) is 0 Å². The Morgan fingerprint density at radius 3 is 1.74 bits per heavy atom. The molecule has 0 aliphatic carbocycles. The average Bonchev–Trinajstić information content (AvgIpc) is 4.12. The molecule has 0 unspecified atom stereocenters. The van der Waals surface area contributed by atoms with Gasteiger partial charge in [-0.3, -0.25) is 19.5 Å². The molecule has 12 nitrogen and oxygen atoms in total. The van der Waals surface area contributed by atoms with Gasteiger partial charge in [-0.15, -0.1) is 0 Å². The molecule has 5 heterocycles. The normalized spacial score (nSPS) is 19.1. The van der Waals surface area contributed by atoms with Crippen LogP contribution in [0.15, 0.2) is 96.2 Å². The van der Waals surface area contributed by atoms with Gasteiger partial charge in [0.2, 0.25) is 11.8 Å². The summed E-state index contributed by atoms with van der Waals surface area (Å²) >= 11 is 0. The van der Waals surface area contributed by atoms with Crippen LogP contribution in [0.25, 0.3) is 33.6 Å². The number of H-pyrrole nitrogens is 2. The number of hydrogen-bond donors (Lipinski definition) is 4. The van der Waals surface area contributed by atoms with E-state index in [1.54, 1.807) is 0 Å². The molecule has 3 aromatic carbocycles. The van der Waals surface area contributed by atoms with E-state index in [2.05, 4.69) is 119 Å². The topological polar surface area (TPSA) is 138 Å². The van der Waals surface area contributed by atoms with Gasteiger partial charge in [-0.05, 0) is 72.5 Å². The molecule has 3 aliphatic rings. The summed E-state index contributed by atoms with van der Waals surface area (Å²) in [6.07, 6.45) is 7.42. The lowest BCUT2D eigenvalue weighted by molar-refractivity contribution is -0.138. The Morgan fingerprint density at radius 2 is 1.26 bits per heavy atom. The Kier molecular flexibility index (Phi) is 11.7. The number of likely N-dealkylation sites (N-methyl/N-ethyl adjacent to an activating group) is 1. The number of hydrogen-bond acceptors (Lipinski definition) is 8. The highest BCUT2D eigenvalue weighted by Crippen LogP contribution is 2.37. The molecule has 0 spiro atoms. The molecular weight excluding hydrogens is 725 g/mol. The Hall–Kier alpha value is -5.75. The molecule has 4 atom stereocenters. The van der Waals surface area contributed by atoms with E-state index in [1.807, 2.05) is 40.4 Å². The van der Waals surface area contributed by atoms with E-state index in [0.29, 0.717) is 12.5 Å². The van der Waals surface area contributed by atoms with Gasteiger partial charge in [0, 0.05) is 19.6 Å². The summed E-state index contributed by atoms with van der Waals surface area (Å²) in [5, 5.41) is 6.59. The predicted molar refractivity (Wildman–Crippen MR) is 229 cm³/mol. The Bertz CT molecular complexity index is 2190. The molecule has 58 heavy (non-hydrogen) atoms. The maximum Gasteiger partial charge on any atom is 0.246 e. The second kappa shape index (κ2) is 17.4. The number of nitrogens with one attached hydrogen (secondary N) is 4. The number of aromatic nitrogens is 4. The van der Waals surface area contributed by atoms with Crippen LogP contribution in [-0.2, 0) is 9.59 Å². The largest absolute Gasteiger partial charge is 0.355 e. The third-order valence-electron chi connectivity index (χ3n) is 12.0. The van der Waals surface area contributed by atoms with Crippen LogP contribution in [0.4, 0.5) is 0 Å². The number of likely N-dealkylation sites (tertiary alicyclic amines) is 2. The number of aliphatic imine (C=N–C) groups is 1. The molecule has 0 bridgehead atoms. The van der Waals surface area contributed by atoms with Crippen molar-refractivity contribution in [3.63, 3.8) is 0 Å². The van der Waals surface area contributed by atoms with Crippen LogP contribution in [0.1, 0.15) is 88.7 Å². The summed E-state index contributed by atoms with van der Waals surface area (Å²) in [6, 6.07) is 26.3. The van der Waals surface area contributed by atoms with Crippen molar-refractivity contribution >= 4 is 17.8 Å². The number of nitrogens with zero attached hydrogens (tertiary/aromatic N) is 6. The van der Waals surface area contributed by atoms with E-state index in [-0.39, 0.29) is 41.9 Å². The standard InChI is InChI=1S/C46H56N10O2/c1-5-54(6-2)41(35-12-8-7-9-13-35)45(58)56-27-11-15-39(56)43-50-29-37(52-43)34-22-18-32(19-23-34)31-16-20-33(21-17-31)36-28-49-42(51-36)38-14-10-26-55(38)44(57)40(30(3)4)53-46-47-24-25-48-46/h7-9,12-13,16-23,28-30,38-41H,5-6,10-11,14-15,24-27H2,1-4H3,(H,49,51)(H,50,52)(H2,47,48,53)/t38-,39-,40-,41+/m0/s1. The first-order chi connectivity index (χ1) is 28.3. The Labute approximate surface area is 341 Å². The molecular formula is C46H56N10O2. The molecule has 12 heteroatoms. The van der Waals surface area contributed by atoms with Crippen LogP contribution in [-0.4, -0.2) is 97.7 Å². The zero-order valence-electron chi connectivity index (χ0n) is 34.1. The number of guanidine groups is 1. The monoisotopic (exact) mass is 780 g/mol. The number of amides is 2. The number of imidazole rings is 2. The first-order valence-corrected chi connectivity index (χ1v) is 21.1. The minimum absolute atomic E-state index is 0.0826. The van der Waals surface area contributed by atoms with Crippen molar-refractivity contribution in [1.82, 2.24) is 45.3 Å². The number of carbonyl (C=O) groups is 2. The lowest BCUT2D eigenvalue weighted by Crippen LogP contribution is -2.53. The van der Waals surface area contributed by atoms with Gasteiger partial charge in [-0.1, -0.05) is 107 Å². The molecule has 302 valence electrons. The van der Waals surface area contributed by atoms with Crippen LogP contribution >= 0.6 is 0 Å².